The molecule has 34 heavy (non-hydrogen) atoms. The van der Waals surface area contributed by atoms with E-state index in [0.717, 1.165) is 12.8 Å². The lowest BCUT2D eigenvalue weighted by atomic mass is 10.1. The molecular formula is C21H34N6O6S. The van der Waals surface area contributed by atoms with Crippen LogP contribution in [0.1, 0.15) is 63.3 Å². The summed E-state index contributed by atoms with van der Waals surface area (Å²) >= 11 is 0. The SMILES string of the molecule is COCC(COC)n1c(NS(=O)(=O)[C@@H](C)[C@H](C)c2ncc(OC)cn2)nnc1[C@H]1CC[C@@H](C)O1. The number of hydrogen-bond acceptors (Lipinski definition) is 10. The van der Waals surface area contributed by atoms with Gasteiger partial charge in [0.25, 0.3) is 0 Å². The third kappa shape index (κ3) is 5.82. The summed E-state index contributed by atoms with van der Waals surface area (Å²) in [7, 11) is 0.770. The van der Waals surface area contributed by atoms with Crippen molar-refractivity contribution in [2.24, 2.45) is 0 Å². The maximum absolute atomic E-state index is 13.3. The average molecular weight is 499 g/mol. The van der Waals surface area contributed by atoms with Crippen LogP contribution < -0.4 is 9.46 Å². The van der Waals surface area contributed by atoms with Crippen LogP contribution in [0.25, 0.3) is 0 Å². The Kier molecular flexibility index (Phi) is 8.79. The summed E-state index contributed by atoms with van der Waals surface area (Å²) in [5.41, 5.74) is 0. The van der Waals surface area contributed by atoms with E-state index in [2.05, 4.69) is 24.9 Å². The largest absolute Gasteiger partial charge is 0.494 e. The van der Waals surface area contributed by atoms with E-state index in [0.29, 0.717) is 17.4 Å². The van der Waals surface area contributed by atoms with Crippen LogP contribution in [-0.2, 0) is 24.2 Å². The fourth-order valence-electron chi connectivity index (χ4n) is 3.89. The molecule has 0 amide bonds. The zero-order valence-corrected chi connectivity index (χ0v) is 21.3. The van der Waals surface area contributed by atoms with Crippen molar-refractivity contribution < 1.29 is 27.4 Å². The molecule has 3 rings (SSSR count). The second-order valence-electron chi connectivity index (χ2n) is 8.45. The van der Waals surface area contributed by atoms with Gasteiger partial charge in [-0.15, -0.1) is 10.2 Å². The number of rotatable bonds is 12. The average Bonchev–Trinajstić information content (AvgIpc) is 3.43. The van der Waals surface area contributed by atoms with Crippen molar-refractivity contribution in [3.05, 3.63) is 24.0 Å². The Morgan fingerprint density at radius 2 is 1.76 bits per heavy atom. The molecule has 1 aliphatic rings. The quantitative estimate of drug-likeness (QED) is 0.462. The first-order chi connectivity index (χ1) is 16.2. The Balaban J connectivity index is 1.90. The van der Waals surface area contributed by atoms with E-state index >= 15 is 0 Å². The molecule has 13 heteroatoms. The predicted octanol–water partition coefficient (Wildman–Crippen LogP) is 2.08. The molecule has 1 N–H and O–H groups in total. The monoisotopic (exact) mass is 498 g/mol. The summed E-state index contributed by atoms with van der Waals surface area (Å²) in [5, 5.41) is 7.61. The van der Waals surface area contributed by atoms with Gasteiger partial charge in [-0.25, -0.2) is 18.4 Å². The van der Waals surface area contributed by atoms with Crippen molar-refractivity contribution >= 4 is 16.0 Å². The highest BCUT2D eigenvalue weighted by Crippen LogP contribution is 2.34. The Hall–Kier alpha value is -2.35. The second kappa shape index (κ2) is 11.4. The summed E-state index contributed by atoms with van der Waals surface area (Å²) in [6.07, 6.45) is 4.47. The van der Waals surface area contributed by atoms with Crippen LogP contribution >= 0.6 is 0 Å². The minimum absolute atomic E-state index is 0.0870. The van der Waals surface area contributed by atoms with E-state index in [4.69, 9.17) is 18.9 Å². The zero-order chi connectivity index (χ0) is 24.9. The maximum Gasteiger partial charge on any atom is 0.238 e. The van der Waals surface area contributed by atoms with Gasteiger partial charge in [0.2, 0.25) is 16.0 Å². The molecule has 0 aliphatic carbocycles. The van der Waals surface area contributed by atoms with Crippen molar-refractivity contribution in [3.8, 4) is 5.75 Å². The minimum Gasteiger partial charge on any atom is -0.494 e. The summed E-state index contributed by atoms with van der Waals surface area (Å²) in [6, 6.07) is -0.352. The molecular weight excluding hydrogens is 464 g/mol. The molecule has 1 fully saturated rings. The first-order valence-corrected chi connectivity index (χ1v) is 12.7. The number of aromatic nitrogens is 5. The highest BCUT2D eigenvalue weighted by molar-refractivity contribution is 7.93. The number of sulfonamides is 1. The molecule has 12 nitrogen and oxygen atoms in total. The van der Waals surface area contributed by atoms with Crippen LogP contribution in [0.3, 0.4) is 0 Å². The number of nitrogens with one attached hydrogen (secondary N) is 1. The zero-order valence-electron chi connectivity index (χ0n) is 20.5. The van der Waals surface area contributed by atoms with Gasteiger partial charge in [0.1, 0.15) is 11.9 Å². The normalized spacial score (nSPS) is 20.4. The van der Waals surface area contributed by atoms with Gasteiger partial charge < -0.3 is 18.9 Å². The highest BCUT2D eigenvalue weighted by Gasteiger charge is 2.35. The van der Waals surface area contributed by atoms with Crippen molar-refractivity contribution in [2.75, 3.05) is 39.3 Å². The molecule has 4 atom stereocenters. The van der Waals surface area contributed by atoms with Gasteiger partial charge >= 0.3 is 0 Å². The summed E-state index contributed by atoms with van der Waals surface area (Å²) in [6.45, 7) is 5.92. The Morgan fingerprint density at radius 1 is 1.12 bits per heavy atom. The third-order valence-electron chi connectivity index (χ3n) is 6.04. The van der Waals surface area contributed by atoms with Crippen LogP contribution in [0.2, 0.25) is 0 Å². The lowest BCUT2D eigenvalue weighted by Crippen LogP contribution is -2.33. The lowest BCUT2D eigenvalue weighted by Gasteiger charge is -2.24. The van der Waals surface area contributed by atoms with Gasteiger partial charge in [0.05, 0.1) is 50.1 Å². The van der Waals surface area contributed by atoms with Crippen molar-refractivity contribution in [1.82, 2.24) is 24.7 Å². The first-order valence-electron chi connectivity index (χ1n) is 11.2. The van der Waals surface area contributed by atoms with E-state index in [1.807, 2.05) is 6.92 Å². The smallest absolute Gasteiger partial charge is 0.238 e. The molecule has 3 heterocycles. The molecule has 1 saturated heterocycles. The number of anilines is 1. The second-order valence-corrected chi connectivity index (χ2v) is 10.5. The fraction of sp³-hybridized carbons (Fsp3) is 0.714. The molecule has 0 bridgehead atoms. The van der Waals surface area contributed by atoms with E-state index in [-0.39, 0.29) is 37.4 Å². The van der Waals surface area contributed by atoms with Crippen molar-refractivity contribution in [3.63, 3.8) is 0 Å². The van der Waals surface area contributed by atoms with Gasteiger partial charge in [-0.2, -0.15) is 0 Å². The van der Waals surface area contributed by atoms with Crippen LogP contribution in [0, 0.1) is 0 Å². The molecule has 2 aromatic heterocycles. The van der Waals surface area contributed by atoms with E-state index < -0.39 is 21.2 Å². The Bertz CT molecular complexity index is 1020. The summed E-state index contributed by atoms with van der Waals surface area (Å²) in [4.78, 5) is 8.48. The Labute approximate surface area is 200 Å². The van der Waals surface area contributed by atoms with Crippen molar-refractivity contribution in [1.29, 1.82) is 0 Å². The van der Waals surface area contributed by atoms with Gasteiger partial charge in [-0.1, -0.05) is 6.92 Å². The number of methoxy groups -OCH3 is 3. The molecule has 1 aliphatic heterocycles. The molecule has 0 spiro atoms. The van der Waals surface area contributed by atoms with Gasteiger partial charge in [0.15, 0.2) is 11.6 Å². The number of hydrogen-bond donors (Lipinski definition) is 1. The van der Waals surface area contributed by atoms with Gasteiger partial charge in [-0.3, -0.25) is 9.29 Å². The molecule has 190 valence electrons. The predicted molar refractivity (Wildman–Crippen MR) is 124 cm³/mol. The van der Waals surface area contributed by atoms with Crippen LogP contribution in [-0.4, -0.2) is 79.0 Å². The van der Waals surface area contributed by atoms with Crippen LogP contribution in [0.15, 0.2) is 12.4 Å². The van der Waals surface area contributed by atoms with Crippen molar-refractivity contribution in [2.45, 2.75) is 63.0 Å². The summed E-state index contributed by atoms with van der Waals surface area (Å²) < 4.78 is 52.8. The van der Waals surface area contributed by atoms with E-state index in [1.54, 1.807) is 32.6 Å². The van der Waals surface area contributed by atoms with Crippen LogP contribution in [0.4, 0.5) is 5.95 Å². The van der Waals surface area contributed by atoms with Gasteiger partial charge in [0, 0.05) is 20.1 Å². The standard InChI is InChI=1S/C21H34N6O6S/c1-13-7-8-18(33-13)20-24-25-21(27(20)16(11-30-4)12-31-5)26-34(28,29)15(3)14(2)19-22-9-17(32-6)10-23-19/h9-10,13-16,18H,7-8,11-12H2,1-6H3,(H,25,26)/t13-,14+,15+,18-/m1/s1. The van der Waals surface area contributed by atoms with E-state index in [9.17, 15) is 8.42 Å². The van der Waals surface area contributed by atoms with Gasteiger partial charge in [-0.05, 0) is 26.7 Å². The topological polar surface area (TPSA) is 140 Å². The molecule has 0 unspecified atom stereocenters. The molecule has 0 aromatic carbocycles. The summed E-state index contributed by atoms with van der Waals surface area (Å²) in [5.74, 6) is 1.03. The Morgan fingerprint density at radius 3 is 2.29 bits per heavy atom. The molecule has 0 saturated carbocycles. The van der Waals surface area contributed by atoms with E-state index in [1.165, 1.54) is 19.5 Å². The highest BCUT2D eigenvalue weighted by atomic mass is 32.2. The number of ether oxygens (including phenoxy) is 4. The number of nitrogens with zero attached hydrogens (tertiary/aromatic N) is 5. The lowest BCUT2D eigenvalue weighted by molar-refractivity contribution is 0.0406. The molecule has 0 radical (unpaired) electrons. The molecule has 2 aromatic rings. The fourth-order valence-corrected chi connectivity index (χ4v) is 5.13. The first kappa shape index (κ1) is 26.3. The maximum atomic E-state index is 13.3. The minimum atomic E-state index is -3.89. The van der Waals surface area contributed by atoms with Crippen LogP contribution in [0.5, 0.6) is 5.75 Å². The third-order valence-corrected chi connectivity index (χ3v) is 7.90.